The molecule has 4 heterocycles. The minimum Gasteiger partial charge on any atom is -0.464 e. The molecule has 1 saturated heterocycles. The normalized spacial score (nSPS) is 15.0. The molecule has 41 heavy (non-hydrogen) atoms. The van der Waals surface area contributed by atoms with Crippen molar-refractivity contribution in [2.45, 2.75) is 6.04 Å². The Morgan fingerprint density at radius 2 is 1.90 bits per heavy atom. The van der Waals surface area contributed by atoms with E-state index < -0.39 is 17.8 Å². The number of H-pyrrole nitrogens is 1. The SMILES string of the molecule is COC[C@H](C(=O)Nc1cccc2c(-c3nc(Nc4ccc(C(=O)OC)nc4)ncc3F)c[nH]c12)N1CCN(C)CC1. The molecule has 5 rings (SSSR count). The largest absolute Gasteiger partial charge is 0.464 e. The number of nitrogens with zero attached hydrogens (tertiary/aromatic N) is 5. The van der Waals surface area contributed by atoms with Gasteiger partial charge < -0.3 is 30.0 Å². The van der Waals surface area contributed by atoms with Crippen LogP contribution in [0.2, 0.25) is 0 Å². The second-order valence-corrected chi connectivity index (χ2v) is 9.67. The van der Waals surface area contributed by atoms with Crippen molar-refractivity contribution >= 4 is 40.1 Å². The number of hydrogen-bond acceptors (Lipinski definition) is 10. The smallest absolute Gasteiger partial charge is 0.356 e. The van der Waals surface area contributed by atoms with E-state index >= 15 is 0 Å². The zero-order valence-electron chi connectivity index (χ0n) is 23.0. The topological polar surface area (TPSA) is 138 Å². The van der Waals surface area contributed by atoms with Crippen molar-refractivity contribution in [3.63, 3.8) is 0 Å². The Kier molecular flexibility index (Phi) is 8.47. The summed E-state index contributed by atoms with van der Waals surface area (Å²) in [4.78, 5) is 45.0. The fraction of sp³-hybridized carbons (Fsp3) is 0.321. The van der Waals surface area contributed by atoms with Crippen LogP contribution in [0.1, 0.15) is 10.5 Å². The van der Waals surface area contributed by atoms with E-state index in [0.717, 1.165) is 32.4 Å². The Hall–Kier alpha value is -4.46. The number of carbonyl (C=O) groups excluding carboxylic acids is 2. The number of fused-ring (bicyclic) bond motifs is 1. The third-order valence-electron chi connectivity index (χ3n) is 6.99. The van der Waals surface area contributed by atoms with Gasteiger partial charge >= 0.3 is 5.97 Å². The Balaban J connectivity index is 1.38. The number of hydrogen-bond donors (Lipinski definition) is 3. The number of anilines is 3. The first-order chi connectivity index (χ1) is 19.9. The summed E-state index contributed by atoms with van der Waals surface area (Å²) >= 11 is 0. The van der Waals surface area contributed by atoms with E-state index in [1.807, 2.05) is 6.07 Å². The highest BCUT2D eigenvalue weighted by atomic mass is 19.1. The van der Waals surface area contributed by atoms with Gasteiger partial charge in [0.05, 0.1) is 43.0 Å². The minimum atomic E-state index is -0.611. The number of benzene rings is 1. The maximum absolute atomic E-state index is 15.0. The van der Waals surface area contributed by atoms with Crippen LogP contribution in [0.5, 0.6) is 0 Å². The highest BCUT2D eigenvalue weighted by Gasteiger charge is 2.29. The van der Waals surface area contributed by atoms with Crippen LogP contribution < -0.4 is 10.6 Å². The van der Waals surface area contributed by atoms with Crippen LogP contribution in [0, 0.1) is 5.82 Å². The molecule has 1 amide bonds. The molecular formula is C28H31FN8O4. The number of piperazine rings is 1. The van der Waals surface area contributed by atoms with E-state index in [-0.39, 0.29) is 29.9 Å². The molecular weight excluding hydrogens is 531 g/mol. The molecule has 0 saturated carbocycles. The van der Waals surface area contributed by atoms with Crippen molar-refractivity contribution in [1.29, 1.82) is 0 Å². The molecule has 1 fully saturated rings. The van der Waals surface area contributed by atoms with Crippen LogP contribution in [0.4, 0.5) is 21.7 Å². The Morgan fingerprint density at radius 1 is 1.10 bits per heavy atom. The van der Waals surface area contributed by atoms with E-state index in [9.17, 15) is 14.0 Å². The van der Waals surface area contributed by atoms with Gasteiger partial charge in [-0.3, -0.25) is 9.69 Å². The number of nitrogens with one attached hydrogen (secondary N) is 3. The average molecular weight is 563 g/mol. The average Bonchev–Trinajstić information content (AvgIpc) is 3.42. The Labute approximate surface area is 235 Å². The predicted molar refractivity (Wildman–Crippen MR) is 152 cm³/mol. The summed E-state index contributed by atoms with van der Waals surface area (Å²) in [5.74, 6) is -1.20. The van der Waals surface area contributed by atoms with Gasteiger partial charge in [-0.1, -0.05) is 12.1 Å². The Morgan fingerprint density at radius 3 is 2.61 bits per heavy atom. The van der Waals surface area contributed by atoms with Gasteiger partial charge in [0.15, 0.2) is 5.82 Å². The zero-order chi connectivity index (χ0) is 28.9. The van der Waals surface area contributed by atoms with Crippen LogP contribution in [-0.2, 0) is 14.3 Å². The quantitative estimate of drug-likeness (QED) is 0.261. The van der Waals surface area contributed by atoms with Gasteiger partial charge in [0.2, 0.25) is 11.9 Å². The lowest BCUT2D eigenvalue weighted by molar-refractivity contribution is -0.124. The third-order valence-corrected chi connectivity index (χ3v) is 6.99. The molecule has 3 N–H and O–H groups in total. The van der Waals surface area contributed by atoms with Crippen LogP contribution in [-0.4, -0.2) is 102 Å². The first-order valence-corrected chi connectivity index (χ1v) is 13.0. The van der Waals surface area contributed by atoms with Crippen LogP contribution in [0.15, 0.2) is 48.9 Å². The van der Waals surface area contributed by atoms with Crippen LogP contribution in [0.25, 0.3) is 22.2 Å². The molecule has 1 aromatic carbocycles. The number of esters is 1. The molecule has 1 atom stereocenters. The molecule has 0 aliphatic carbocycles. The third kappa shape index (κ3) is 6.16. The maximum Gasteiger partial charge on any atom is 0.356 e. The molecule has 0 unspecified atom stereocenters. The molecule has 1 aliphatic heterocycles. The van der Waals surface area contributed by atoms with Gasteiger partial charge in [0.1, 0.15) is 17.4 Å². The second kappa shape index (κ2) is 12.4. The number of halogens is 1. The summed E-state index contributed by atoms with van der Waals surface area (Å²) in [6.07, 6.45) is 4.16. The highest BCUT2D eigenvalue weighted by molar-refractivity contribution is 6.06. The van der Waals surface area contributed by atoms with Crippen molar-refractivity contribution in [1.82, 2.24) is 29.7 Å². The van der Waals surface area contributed by atoms with Gasteiger partial charge in [-0.25, -0.2) is 24.1 Å². The number of carbonyl (C=O) groups is 2. The lowest BCUT2D eigenvalue weighted by Crippen LogP contribution is -2.54. The number of para-hydroxylation sites is 1. The lowest BCUT2D eigenvalue weighted by Gasteiger charge is -2.36. The molecule has 12 nitrogen and oxygen atoms in total. The number of aromatic nitrogens is 4. The molecule has 214 valence electrons. The van der Waals surface area contributed by atoms with Crippen molar-refractivity contribution in [3.05, 3.63) is 60.4 Å². The van der Waals surface area contributed by atoms with Gasteiger partial charge in [0.25, 0.3) is 0 Å². The fourth-order valence-corrected chi connectivity index (χ4v) is 4.75. The zero-order valence-corrected chi connectivity index (χ0v) is 23.0. The van der Waals surface area contributed by atoms with Gasteiger partial charge in [-0.2, -0.15) is 0 Å². The summed E-state index contributed by atoms with van der Waals surface area (Å²) in [5, 5.41) is 6.68. The number of amides is 1. The van der Waals surface area contributed by atoms with Gasteiger partial charge in [0, 0.05) is 50.4 Å². The first-order valence-electron chi connectivity index (χ1n) is 13.0. The monoisotopic (exact) mass is 562 g/mol. The van der Waals surface area contributed by atoms with E-state index in [1.54, 1.807) is 31.5 Å². The van der Waals surface area contributed by atoms with Crippen LogP contribution >= 0.6 is 0 Å². The maximum atomic E-state index is 15.0. The predicted octanol–water partition coefficient (Wildman–Crippen LogP) is 2.89. The Bertz CT molecular complexity index is 1540. The van der Waals surface area contributed by atoms with Gasteiger partial charge in [-0.15, -0.1) is 0 Å². The van der Waals surface area contributed by atoms with E-state index in [1.165, 1.54) is 19.4 Å². The number of methoxy groups -OCH3 is 2. The van der Waals surface area contributed by atoms with Crippen molar-refractivity contribution in [3.8, 4) is 11.3 Å². The molecule has 4 aromatic rings. The molecule has 0 radical (unpaired) electrons. The standard InChI is InChI=1S/C28H31FN8O4/c1-36-9-11-37(12-10-36)23(16-40-2)26(38)34-21-6-4-5-18-19(14-31-25(18)21)24-20(29)15-32-28(35-24)33-17-7-8-22(30-13-17)27(39)41-3/h4-8,13-15,23,31H,9-12,16H2,1-3H3,(H,34,38)(H,32,33,35)/t23-/m1/s1. The van der Waals surface area contributed by atoms with Crippen LogP contribution in [0.3, 0.4) is 0 Å². The molecule has 0 spiro atoms. The number of ether oxygens (including phenoxy) is 2. The van der Waals surface area contributed by atoms with E-state index in [2.05, 4.69) is 52.2 Å². The minimum absolute atomic E-state index is 0.0751. The molecule has 13 heteroatoms. The summed E-state index contributed by atoms with van der Waals surface area (Å²) in [6, 6.07) is 8.09. The lowest BCUT2D eigenvalue weighted by atomic mass is 10.1. The molecule has 1 aliphatic rings. The van der Waals surface area contributed by atoms with Gasteiger partial charge in [-0.05, 0) is 25.2 Å². The highest BCUT2D eigenvalue weighted by Crippen LogP contribution is 2.33. The summed E-state index contributed by atoms with van der Waals surface area (Å²) in [6.45, 7) is 3.55. The second-order valence-electron chi connectivity index (χ2n) is 9.67. The number of likely N-dealkylation sites (N-methyl/N-ethyl adjacent to an activating group) is 1. The van der Waals surface area contributed by atoms with E-state index in [4.69, 9.17) is 4.74 Å². The van der Waals surface area contributed by atoms with Crippen molar-refractivity contribution in [2.24, 2.45) is 0 Å². The molecule has 0 bridgehead atoms. The van der Waals surface area contributed by atoms with E-state index in [0.29, 0.717) is 27.8 Å². The van der Waals surface area contributed by atoms with Crippen molar-refractivity contribution in [2.75, 3.05) is 64.7 Å². The van der Waals surface area contributed by atoms with Crippen molar-refractivity contribution < 1.29 is 23.5 Å². The number of pyridine rings is 1. The fourth-order valence-electron chi connectivity index (χ4n) is 4.75. The molecule has 3 aromatic heterocycles. The summed E-state index contributed by atoms with van der Waals surface area (Å²) in [5.41, 5.74) is 2.44. The number of aromatic amines is 1. The first kappa shape index (κ1) is 28.1. The summed E-state index contributed by atoms with van der Waals surface area (Å²) in [7, 11) is 4.92. The number of rotatable bonds is 9. The summed E-state index contributed by atoms with van der Waals surface area (Å²) < 4.78 is 25.0.